The number of thioether (sulfide) groups is 1. The Hall–Kier alpha value is -2.02. The zero-order valence-corrected chi connectivity index (χ0v) is 12.1. The number of carboxylic acids is 1. The molecule has 1 aromatic rings. The van der Waals surface area contributed by atoms with Crippen molar-refractivity contribution in [2.24, 2.45) is 0 Å². The highest BCUT2D eigenvalue weighted by molar-refractivity contribution is 7.99. The Morgan fingerprint density at radius 1 is 1.38 bits per heavy atom. The van der Waals surface area contributed by atoms with Gasteiger partial charge < -0.3 is 15.7 Å². The van der Waals surface area contributed by atoms with Gasteiger partial charge in [-0.2, -0.15) is 0 Å². The molecule has 0 aromatic heterocycles. The predicted octanol–water partition coefficient (Wildman–Crippen LogP) is 1.05. The maximum absolute atomic E-state index is 12.2. The minimum atomic E-state index is -0.871. The van der Waals surface area contributed by atoms with Crippen LogP contribution in [0.1, 0.15) is 17.9 Å². The van der Waals surface area contributed by atoms with Crippen LogP contribution in [0.15, 0.2) is 24.3 Å². The molecule has 2 amide bonds. The van der Waals surface area contributed by atoms with E-state index in [2.05, 4.69) is 10.6 Å². The van der Waals surface area contributed by atoms with Crippen molar-refractivity contribution in [3.05, 3.63) is 29.8 Å². The van der Waals surface area contributed by atoms with Gasteiger partial charge in [0.2, 0.25) is 11.8 Å². The molecule has 7 heteroatoms. The minimum Gasteiger partial charge on any atom is -0.481 e. The second-order valence-electron chi connectivity index (χ2n) is 4.63. The lowest BCUT2D eigenvalue weighted by atomic mass is 9.90. The average Bonchev–Trinajstić information content (AvgIpc) is 2.45. The maximum atomic E-state index is 12.2. The van der Waals surface area contributed by atoms with Gasteiger partial charge in [-0.15, -0.1) is 11.8 Å². The summed E-state index contributed by atoms with van der Waals surface area (Å²) in [5.41, 5.74) is 1.49. The van der Waals surface area contributed by atoms with Gasteiger partial charge in [-0.05, 0) is 11.6 Å². The largest absolute Gasteiger partial charge is 0.481 e. The van der Waals surface area contributed by atoms with Crippen molar-refractivity contribution < 1.29 is 19.5 Å². The Labute approximate surface area is 126 Å². The molecular weight excluding hydrogens is 292 g/mol. The molecule has 0 saturated carbocycles. The summed E-state index contributed by atoms with van der Waals surface area (Å²) in [6.07, 6.45) is 0.130. The van der Waals surface area contributed by atoms with E-state index in [0.29, 0.717) is 18.0 Å². The molecule has 0 aliphatic carbocycles. The Kier molecular flexibility index (Phi) is 5.21. The molecule has 0 bridgehead atoms. The predicted molar refractivity (Wildman–Crippen MR) is 80.4 cm³/mol. The number of fused-ring (bicyclic) bond motifs is 1. The lowest BCUT2D eigenvalue weighted by Gasteiger charge is -2.24. The van der Waals surface area contributed by atoms with Crippen LogP contribution < -0.4 is 10.6 Å². The molecule has 1 aliphatic heterocycles. The summed E-state index contributed by atoms with van der Waals surface area (Å²) < 4.78 is 0. The van der Waals surface area contributed by atoms with Crippen LogP contribution in [0.3, 0.4) is 0 Å². The first-order valence-electron chi connectivity index (χ1n) is 6.54. The van der Waals surface area contributed by atoms with Crippen LogP contribution in [0.5, 0.6) is 0 Å². The highest BCUT2D eigenvalue weighted by atomic mass is 32.2. The minimum absolute atomic E-state index is 0.0184. The standard InChI is InChI=1S/C14H16N2O4S/c17-12-7-10(9-3-1-2-4-11(9)16-12)14(20)15-5-6-21-8-13(18)19/h1-4,10H,5-8H2,(H,15,20)(H,16,17)(H,18,19). The highest BCUT2D eigenvalue weighted by Crippen LogP contribution is 2.31. The summed E-state index contributed by atoms with van der Waals surface area (Å²) in [4.78, 5) is 34.2. The molecular formula is C14H16N2O4S. The summed E-state index contributed by atoms with van der Waals surface area (Å²) in [7, 11) is 0. The Bertz CT molecular complexity index is 562. The van der Waals surface area contributed by atoms with Crippen LogP contribution >= 0.6 is 11.8 Å². The van der Waals surface area contributed by atoms with Gasteiger partial charge in [-0.1, -0.05) is 18.2 Å². The molecule has 3 N–H and O–H groups in total. The smallest absolute Gasteiger partial charge is 0.313 e. The molecule has 0 radical (unpaired) electrons. The van der Waals surface area contributed by atoms with Crippen LogP contribution in [0.4, 0.5) is 5.69 Å². The van der Waals surface area contributed by atoms with Crippen molar-refractivity contribution in [3.8, 4) is 0 Å². The number of para-hydroxylation sites is 1. The highest BCUT2D eigenvalue weighted by Gasteiger charge is 2.29. The monoisotopic (exact) mass is 308 g/mol. The van der Waals surface area contributed by atoms with Crippen LogP contribution in [0, 0.1) is 0 Å². The number of benzene rings is 1. The maximum Gasteiger partial charge on any atom is 0.313 e. The Morgan fingerprint density at radius 3 is 2.90 bits per heavy atom. The molecule has 6 nitrogen and oxygen atoms in total. The first-order valence-corrected chi connectivity index (χ1v) is 7.69. The number of aliphatic carboxylic acids is 1. The summed E-state index contributed by atoms with van der Waals surface area (Å²) >= 11 is 1.24. The van der Waals surface area contributed by atoms with Gasteiger partial charge in [-0.25, -0.2) is 0 Å². The third-order valence-electron chi connectivity index (χ3n) is 3.09. The first-order chi connectivity index (χ1) is 10.1. The van der Waals surface area contributed by atoms with Gasteiger partial charge in [0.15, 0.2) is 0 Å². The molecule has 0 saturated heterocycles. The molecule has 1 unspecified atom stereocenters. The second-order valence-corrected chi connectivity index (χ2v) is 5.73. The van der Waals surface area contributed by atoms with Gasteiger partial charge in [0.05, 0.1) is 11.7 Å². The number of carboxylic acid groups (broad SMARTS) is 1. The fourth-order valence-corrected chi connectivity index (χ4v) is 2.74. The van der Waals surface area contributed by atoms with Gasteiger partial charge in [0.25, 0.3) is 0 Å². The van der Waals surface area contributed by atoms with E-state index in [9.17, 15) is 14.4 Å². The fourth-order valence-electron chi connectivity index (χ4n) is 2.17. The number of carbonyl (C=O) groups excluding carboxylic acids is 2. The van der Waals surface area contributed by atoms with Crippen LogP contribution in [0.2, 0.25) is 0 Å². The number of amides is 2. The van der Waals surface area contributed by atoms with E-state index in [1.54, 1.807) is 6.07 Å². The van der Waals surface area contributed by atoms with Crippen molar-refractivity contribution in [1.29, 1.82) is 0 Å². The number of rotatable bonds is 6. The van der Waals surface area contributed by atoms with E-state index in [0.717, 1.165) is 5.56 Å². The zero-order valence-electron chi connectivity index (χ0n) is 11.3. The van der Waals surface area contributed by atoms with Crippen molar-refractivity contribution in [3.63, 3.8) is 0 Å². The fraction of sp³-hybridized carbons (Fsp3) is 0.357. The normalized spacial score (nSPS) is 16.8. The molecule has 2 rings (SSSR count). The first kappa shape index (κ1) is 15.4. The summed E-state index contributed by atoms with van der Waals surface area (Å²) in [5.74, 6) is -1.19. The van der Waals surface area contributed by atoms with E-state index >= 15 is 0 Å². The van der Waals surface area contributed by atoms with Crippen LogP contribution in [0.25, 0.3) is 0 Å². The number of carbonyl (C=O) groups is 3. The molecule has 112 valence electrons. The Balaban J connectivity index is 1.90. The topological polar surface area (TPSA) is 95.5 Å². The molecule has 1 aliphatic rings. The molecule has 21 heavy (non-hydrogen) atoms. The van der Waals surface area contributed by atoms with Crippen molar-refractivity contribution >= 4 is 35.2 Å². The van der Waals surface area contributed by atoms with E-state index in [4.69, 9.17) is 5.11 Å². The van der Waals surface area contributed by atoms with Gasteiger partial charge in [0.1, 0.15) is 0 Å². The zero-order chi connectivity index (χ0) is 15.2. The van der Waals surface area contributed by atoms with E-state index in [-0.39, 0.29) is 24.0 Å². The van der Waals surface area contributed by atoms with E-state index in [1.807, 2.05) is 18.2 Å². The number of anilines is 1. The second kappa shape index (κ2) is 7.12. The lowest BCUT2D eigenvalue weighted by Crippen LogP contribution is -2.36. The van der Waals surface area contributed by atoms with Gasteiger partial charge in [0, 0.05) is 24.4 Å². The quantitative estimate of drug-likeness (QED) is 0.683. The number of nitrogens with one attached hydrogen (secondary N) is 2. The summed E-state index contributed by atoms with van der Waals surface area (Å²) in [5, 5.41) is 14.0. The van der Waals surface area contributed by atoms with Crippen molar-refractivity contribution in [2.75, 3.05) is 23.4 Å². The average molecular weight is 308 g/mol. The third-order valence-corrected chi connectivity index (χ3v) is 4.03. The summed E-state index contributed by atoms with van der Waals surface area (Å²) in [6, 6.07) is 7.24. The van der Waals surface area contributed by atoms with E-state index in [1.165, 1.54) is 11.8 Å². The molecule has 1 aromatic carbocycles. The van der Waals surface area contributed by atoms with Gasteiger partial charge >= 0.3 is 5.97 Å². The molecule has 1 heterocycles. The lowest BCUT2D eigenvalue weighted by molar-refractivity contribution is -0.134. The molecule has 0 fully saturated rings. The third kappa shape index (κ3) is 4.22. The summed E-state index contributed by atoms with van der Waals surface area (Å²) in [6.45, 7) is 0.386. The van der Waals surface area contributed by atoms with Gasteiger partial charge in [-0.3, -0.25) is 14.4 Å². The SMILES string of the molecule is O=C(O)CSCCNC(=O)C1CC(=O)Nc2ccccc21. The molecule has 0 spiro atoms. The van der Waals surface area contributed by atoms with E-state index < -0.39 is 11.9 Å². The van der Waals surface area contributed by atoms with Crippen LogP contribution in [-0.4, -0.2) is 40.9 Å². The number of hydrogen-bond donors (Lipinski definition) is 3. The Morgan fingerprint density at radius 2 is 2.14 bits per heavy atom. The van der Waals surface area contributed by atoms with Crippen molar-refractivity contribution in [1.82, 2.24) is 5.32 Å². The number of hydrogen-bond acceptors (Lipinski definition) is 4. The van der Waals surface area contributed by atoms with Crippen LogP contribution in [-0.2, 0) is 14.4 Å². The van der Waals surface area contributed by atoms with Crippen molar-refractivity contribution in [2.45, 2.75) is 12.3 Å². The molecule has 1 atom stereocenters.